The first-order valence-corrected chi connectivity index (χ1v) is 10.8. The molecule has 1 amide bonds. The second kappa shape index (κ2) is 9.69. The molecule has 1 atom stereocenters. The monoisotopic (exact) mass is 426 g/mol. The van der Waals surface area contributed by atoms with Crippen LogP contribution in [-0.4, -0.2) is 40.3 Å². The lowest BCUT2D eigenvalue weighted by Gasteiger charge is -2.28. The van der Waals surface area contributed by atoms with Crippen molar-refractivity contribution in [1.29, 1.82) is 0 Å². The highest BCUT2D eigenvalue weighted by Gasteiger charge is 2.29. The molecule has 0 aromatic heterocycles. The van der Waals surface area contributed by atoms with E-state index in [1.54, 1.807) is 7.11 Å². The molecule has 0 fully saturated rings. The Balaban J connectivity index is 2.03. The van der Waals surface area contributed by atoms with Gasteiger partial charge in [0, 0.05) is 12.6 Å². The average molecular weight is 426 g/mol. The Labute approximate surface area is 169 Å². The molecule has 0 aliphatic rings. The van der Waals surface area contributed by atoms with Gasteiger partial charge >= 0.3 is 0 Å². The highest BCUT2D eigenvalue weighted by atomic mass is 32.2. The second-order valence-corrected chi connectivity index (χ2v) is 8.40. The standard InChI is InChI=1S/C20H24F2N2O4S/c1-14(24(29(3,26)27)16-10-11-17(21)18(22)13-16)20(25)23-12-6-8-15-7-4-5-9-19(15)28-2/h4-5,7,9-11,13-14H,6,8,12H2,1-3H3,(H,23,25)/t14-/m0/s1. The van der Waals surface area contributed by atoms with Crippen molar-refractivity contribution in [3.63, 3.8) is 0 Å². The summed E-state index contributed by atoms with van der Waals surface area (Å²) in [5, 5.41) is 2.68. The summed E-state index contributed by atoms with van der Waals surface area (Å²) in [4.78, 5) is 12.5. The molecule has 2 aromatic rings. The van der Waals surface area contributed by atoms with Gasteiger partial charge in [-0.3, -0.25) is 9.10 Å². The fourth-order valence-corrected chi connectivity index (χ4v) is 4.15. The smallest absolute Gasteiger partial charge is 0.243 e. The number of anilines is 1. The molecule has 158 valence electrons. The number of halogens is 2. The minimum atomic E-state index is -3.91. The Kier molecular flexibility index (Phi) is 7.55. The quantitative estimate of drug-likeness (QED) is 0.626. The number of ether oxygens (including phenoxy) is 1. The fraction of sp³-hybridized carbons (Fsp3) is 0.350. The van der Waals surface area contributed by atoms with Crippen LogP contribution in [-0.2, 0) is 21.2 Å². The number of aryl methyl sites for hydroxylation is 1. The van der Waals surface area contributed by atoms with Gasteiger partial charge < -0.3 is 10.1 Å². The van der Waals surface area contributed by atoms with E-state index in [4.69, 9.17) is 4.74 Å². The van der Waals surface area contributed by atoms with Gasteiger partial charge in [0.1, 0.15) is 11.8 Å². The van der Waals surface area contributed by atoms with E-state index in [9.17, 15) is 22.0 Å². The summed E-state index contributed by atoms with van der Waals surface area (Å²) < 4.78 is 57.1. The van der Waals surface area contributed by atoms with Crippen molar-refractivity contribution in [3.8, 4) is 5.75 Å². The van der Waals surface area contributed by atoms with E-state index in [-0.39, 0.29) is 5.69 Å². The number of para-hydroxylation sites is 1. The molecule has 0 spiro atoms. The van der Waals surface area contributed by atoms with E-state index >= 15 is 0 Å². The first kappa shape index (κ1) is 22.6. The number of carbonyl (C=O) groups excluding carboxylic acids is 1. The summed E-state index contributed by atoms with van der Waals surface area (Å²) in [7, 11) is -2.32. The van der Waals surface area contributed by atoms with Crippen LogP contribution >= 0.6 is 0 Å². The van der Waals surface area contributed by atoms with Crippen LogP contribution in [0.2, 0.25) is 0 Å². The number of amides is 1. The van der Waals surface area contributed by atoms with Crippen LogP contribution in [0.5, 0.6) is 5.75 Å². The van der Waals surface area contributed by atoms with Crippen molar-refractivity contribution in [1.82, 2.24) is 5.32 Å². The SMILES string of the molecule is COc1ccccc1CCCNC(=O)[C@H](C)N(c1ccc(F)c(F)c1)S(C)(=O)=O. The number of rotatable bonds is 9. The minimum absolute atomic E-state index is 0.122. The third-order valence-corrected chi connectivity index (χ3v) is 5.60. The van der Waals surface area contributed by atoms with E-state index in [2.05, 4.69) is 5.32 Å². The maximum Gasteiger partial charge on any atom is 0.243 e. The first-order valence-electron chi connectivity index (χ1n) is 8.99. The molecule has 0 bridgehead atoms. The maximum absolute atomic E-state index is 13.6. The molecule has 9 heteroatoms. The van der Waals surface area contributed by atoms with Crippen LogP contribution in [0.1, 0.15) is 18.9 Å². The summed E-state index contributed by atoms with van der Waals surface area (Å²) in [5.41, 5.74) is 0.875. The molecule has 0 saturated heterocycles. The number of methoxy groups -OCH3 is 1. The lowest BCUT2D eigenvalue weighted by atomic mass is 10.1. The topological polar surface area (TPSA) is 75.7 Å². The average Bonchev–Trinajstić information content (AvgIpc) is 2.67. The summed E-state index contributed by atoms with van der Waals surface area (Å²) in [5.74, 6) is -2.08. The predicted molar refractivity (Wildman–Crippen MR) is 107 cm³/mol. The molecular formula is C20H24F2N2O4S. The Morgan fingerprint density at radius 2 is 1.86 bits per heavy atom. The summed E-state index contributed by atoms with van der Waals surface area (Å²) in [6.07, 6.45) is 2.18. The summed E-state index contributed by atoms with van der Waals surface area (Å²) in [6.45, 7) is 1.70. The highest BCUT2D eigenvalue weighted by molar-refractivity contribution is 7.92. The molecular weight excluding hydrogens is 402 g/mol. The molecule has 29 heavy (non-hydrogen) atoms. The zero-order valence-electron chi connectivity index (χ0n) is 16.5. The van der Waals surface area contributed by atoms with Crippen molar-refractivity contribution in [3.05, 3.63) is 59.7 Å². The van der Waals surface area contributed by atoms with E-state index in [0.717, 1.165) is 40.1 Å². The Hall–Kier alpha value is -2.68. The largest absolute Gasteiger partial charge is 0.496 e. The molecule has 2 rings (SSSR count). The number of carbonyl (C=O) groups is 1. The van der Waals surface area contributed by atoms with Crippen LogP contribution in [0.4, 0.5) is 14.5 Å². The predicted octanol–water partition coefficient (Wildman–Crippen LogP) is 2.88. The van der Waals surface area contributed by atoms with Crippen molar-refractivity contribution in [2.75, 3.05) is 24.2 Å². The van der Waals surface area contributed by atoms with Crippen LogP contribution in [0, 0.1) is 11.6 Å². The van der Waals surface area contributed by atoms with E-state index in [0.29, 0.717) is 19.4 Å². The van der Waals surface area contributed by atoms with Crippen molar-refractivity contribution < 1.29 is 26.7 Å². The number of benzene rings is 2. The third kappa shape index (κ3) is 5.90. The van der Waals surface area contributed by atoms with Gasteiger partial charge in [0.2, 0.25) is 15.9 Å². The summed E-state index contributed by atoms with van der Waals surface area (Å²) in [6, 6.07) is 9.09. The van der Waals surface area contributed by atoms with Crippen LogP contribution in [0.15, 0.2) is 42.5 Å². The van der Waals surface area contributed by atoms with E-state index in [1.165, 1.54) is 6.92 Å². The van der Waals surface area contributed by atoms with E-state index in [1.807, 2.05) is 24.3 Å². The molecule has 0 unspecified atom stereocenters. The number of nitrogens with one attached hydrogen (secondary N) is 1. The lowest BCUT2D eigenvalue weighted by Crippen LogP contribution is -2.48. The minimum Gasteiger partial charge on any atom is -0.496 e. The Morgan fingerprint density at radius 3 is 2.48 bits per heavy atom. The second-order valence-electron chi connectivity index (χ2n) is 6.54. The molecule has 0 aliphatic carbocycles. The van der Waals surface area contributed by atoms with Gasteiger partial charge in [-0.05, 0) is 43.5 Å². The molecule has 1 N–H and O–H groups in total. The molecule has 6 nitrogen and oxygen atoms in total. The van der Waals surface area contributed by atoms with Crippen molar-refractivity contribution in [2.24, 2.45) is 0 Å². The lowest BCUT2D eigenvalue weighted by molar-refractivity contribution is -0.121. The zero-order valence-corrected chi connectivity index (χ0v) is 17.3. The molecule has 0 radical (unpaired) electrons. The van der Waals surface area contributed by atoms with Crippen LogP contribution in [0.3, 0.4) is 0 Å². The van der Waals surface area contributed by atoms with Gasteiger partial charge in [-0.15, -0.1) is 0 Å². The number of sulfonamides is 1. The van der Waals surface area contributed by atoms with Gasteiger partial charge in [-0.1, -0.05) is 18.2 Å². The number of nitrogens with zero attached hydrogens (tertiary/aromatic N) is 1. The van der Waals surface area contributed by atoms with Gasteiger partial charge in [0.15, 0.2) is 11.6 Å². The molecule has 0 aliphatic heterocycles. The molecule has 0 saturated carbocycles. The van der Waals surface area contributed by atoms with Gasteiger partial charge in [0.05, 0.1) is 19.1 Å². The van der Waals surface area contributed by atoms with Crippen LogP contribution < -0.4 is 14.4 Å². The zero-order chi connectivity index (χ0) is 21.6. The number of hydrogen-bond donors (Lipinski definition) is 1. The van der Waals surface area contributed by atoms with Crippen LogP contribution in [0.25, 0.3) is 0 Å². The van der Waals surface area contributed by atoms with Crippen molar-refractivity contribution in [2.45, 2.75) is 25.8 Å². The van der Waals surface area contributed by atoms with E-state index < -0.39 is 33.6 Å². The maximum atomic E-state index is 13.6. The Morgan fingerprint density at radius 1 is 1.17 bits per heavy atom. The third-order valence-electron chi connectivity index (χ3n) is 4.36. The summed E-state index contributed by atoms with van der Waals surface area (Å²) >= 11 is 0. The van der Waals surface area contributed by atoms with Gasteiger partial charge in [-0.25, -0.2) is 17.2 Å². The van der Waals surface area contributed by atoms with Gasteiger partial charge in [0.25, 0.3) is 0 Å². The highest BCUT2D eigenvalue weighted by Crippen LogP contribution is 2.23. The molecule has 0 heterocycles. The normalized spacial score (nSPS) is 12.3. The number of hydrogen-bond acceptors (Lipinski definition) is 4. The first-order chi connectivity index (χ1) is 13.6. The molecule has 2 aromatic carbocycles. The van der Waals surface area contributed by atoms with Gasteiger partial charge in [-0.2, -0.15) is 0 Å². The van der Waals surface area contributed by atoms with Crippen molar-refractivity contribution >= 4 is 21.6 Å². The Bertz CT molecular complexity index is 967. The fourth-order valence-electron chi connectivity index (χ4n) is 2.98.